The summed E-state index contributed by atoms with van der Waals surface area (Å²) in [5.74, 6) is -0.806. The largest absolute Gasteiger partial charge is 0.480 e. The number of nitrogens with one attached hydrogen (secondary N) is 1. The molecule has 1 aromatic carbocycles. The Morgan fingerprint density at radius 2 is 2.07 bits per heavy atom. The fourth-order valence-electron chi connectivity index (χ4n) is 1.29. The molecule has 0 saturated carbocycles. The van der Waals surface area contributed by atoms with E-state index in [2.05, 4.69) is 21.2 Å². The highest BCUT2D eigenvalue weighted by Crippen LogP contribution is 2.16. The van der Waals surface area contributed by atoms with E-state index in [1.165, 1.54) is 0 Å². The van der Waals surface area contributed by atoms with Crippen LogP contribution in [0.5, 0.6) is 0 Å². The van der Waals surface area contributed by atoms with Crippen LogP contribution in [0.3, 0.4) is 0 Å². The van der Waals surface area contributed by atoms with Gasteiger partial charge >= 0.3 is 5.97 Å². The van der Waals surface area contributed by atoms with Crippen molar-refractivity contribution >= 4 is 27.6 Å². The zero-order valence-electron chi connectivity index (χ0n) is 8.53. The van der Waals surface area contributed by atoms with E-state index in [1.807, 2.05) is 31.2 Å². The van der Waals surface area contributed by atoms with Crippen molar-refractivity contribution in [1.82, 2.24) is 0 Å². The van der Waals surface area contributed by atoms with Crippen molar-refractivity contribution in [2.24, 2.45) is 0 Å². The SMILES string of the molecule is CCC[C@@H](Nc1ccc(Br)cc1)C(=O)O. The smallest absolute Gasteiger partial charge is 0.326 e. The number of carbonyl (C=O) groups is 1. The molecule has 1 aromatic rings. The normalized spacial score (nSPS) is 12.1. The molecule has 0 aliphatic carbocycles. The first-order chi connectivity index (χ1) is 7.13. The van der Waals surface area contributed by atoms with Crippen LogP contribution in [0.1, 0.15) is 19.8 Å². The maximum Gasteiger partial charge on any atom is 0.326 e. The predicted octanol–water partition coefficient (Wildman–Crippen LogP) is 3.11. The molecule has 0 aliphatic heterocycles. The van der Waals surface area contributed by atoms with Gasteiger partial charge in [-0.2, -0.15) is 0 Å². The van der Waals surface area contributed by atoms with Gasteiger partial charge in [0, 0.05) is 10.2 Å². The van der Waals surface area contributed by atoms with Crippen LogP contribution >= 0.6 is 15.9 Å². The number of aliphatic carboxylic acids is 1. The van der Waals surface area contributed by atoms with E-state index in [4.69, 9.17) is 5.11 Å². The van der Waals surface area contributed by atoms with Gasteiger partial charge in [0.25, 0.3) is 0 Å². The average Bonchev–Trinajstić information content (AvgIpc) is 2.20. The summed E-state index contributed by atoms with van der Waals surface area (Å²) in [4.78, 5) is 10.9. The Morgan fingerprint density at radius 3 is 2.53 bits per heavy atom. The molecule has 1 atom stereocenters. The molecule has 0 saturated heterocycles. The van der Waals surface area contributed by atoms with Crippen molar-refractivity contribution in [3.63, 3.8) is 0 Å². The number of halogens is 1. The summed E-state index contributed by atoms with van der Waals surface area (Å²) < 4.78 is 0.982. The molecule has 0 heterocycles. The van der Waals surface area contributed by atoms with Gasteiger partial charge < -0.3 is 10.4 Å². The van der Waals surface area contributed by atoms with Gasteiger partial charge in [0.15, 0.2) is 0 Å². The Kier molecular flexibility index (Phi) is 4.62. The summed E-state index contributed by atoms with van der Waals surface area (Å²) in [6.45, 7) is 1.97. The van der Waals surface area contributed by atoms with Crippen LogP contribution in [0.2, 0.25) is 0 Å². The molecular formula is C11H14BrNO2. The van der Waals surface area contributed by atoms with E-state index in [-0.39, 0.29) is 0 Å². The second-order valence-electron chi connectivity index (χ2n) is 3.33. The number of rotatable bonds is 5. The molecular weight excluding hydrogens is 258 g/mol. The van der Waals surface area contributed by atoms with E-state index in [0.717, 1.165) is 16.6 Å². The quantitative estimate of drug-likeness (QED) is 0.865. The lowest BCUT2D eigenvalue weighted by Gasteiger charge is -2.14. The summed E-state index contributed by atoms with van der Waals surface area (Å²) in [6.07, 6.45) is 1.48. The number of carboxylic acids is 1. The van der Waals surface area contributed by atoms with Crippen LogP contribution in [0.25, 0.3) is 0 Å². The molecule has 3 nitrogen and oxygen atoms in total. The van der Waals surface area contributed by atoms with Crippen molar-refractivity contribution < 1.29 is 9.90 Å². The molecule has 15 heavy (non-hydrogen) atoms. The summed E-state index contributed by atoms with van der Waals surface area (Å²) in [5, 5.41) is 11.9. The number of hydrogen-bond acceptors (Lipinski definition) is 2. The van der Waals surface area contributed by atoms with Gasteiger partial charge in [-0.1, -0.05) is 29.3 Å². The molecule has 82 valence electrons. The Hall–Kier alpha value is -1.03. The number of carboxylic acid groups (broad SMARTS) is 1. The van der Waals surface area contributed by atoms with Crippen molar-refractivity contribution in [1.29, 1.82) is 0 Å². The number of hydrogen-bond donors (Lipinski definition) is 2. The van der Waals surface area contributed by atoms with Gasteiger partial charge in [-0.15, -0.1) is 0 Å². The zero-order chi connectivity index (χ0) is 11.3. The third-order valence-corrected chi connectivity index (χ3v) is 2.59. The van der Waals surface area contributed by atoms with Crippen molar-refractivity contribution in [3.8, 4) is 0 Å². The minimum absolute atomic E-state index is 0.504. The first-order valence-corrected chi connectivity index (χ1v) is 5.67. The molecule has 0 amide bonds. The highest BCUT2D eigenvalue weighted by atomic mass is 79.9. The van der Waals surface area contributed by atoms with E-state index in [0.29, 0.717) is 6.42 Å². The molecule has 0 radical (unpaired) electrons. The van der Waals surface area contributed by atoms with Crippen LogP contribution in [-0.4, -0.2) is 17.1 Å². The van der Waals surface area contributed by atoms with Gasteiger partial charge in [-0.25, -0.2) is 4.79 Å². The first kappa shape index (κ1) is 12.0. The van der Waals surface area contributed by atoms with Gasteiger partial charge in [0.1, 0.15) is 6.04 Å². The fraction of sp³-hybridized carbons (Fsp3) is 0.364. The van der Waals surface area contributed by atoms with Gasteiger partial charge in [0.05, 0.1) is 0 Å². The topological polar surface area (TPSA) is 49.3 Å². The molecule has 0 aliphatic rings. The van der Waals surface area contributed by atoms with Crippen LogP contribution in [0.4, 0.5) is 5.69 Å². The molecule has 0 fully saturated rings. The van der Waals surface area contributed by atoms with Gasteiger partial charge in [0.2, 0.25) is 0 Å². The summed E-state index contributed by atoms with van der Waals surface area (Å²) >= 11 is 3.33. The molecule has 0 unspecified atom stereocenters. The Labute approximate surface area is 97.6 Å². The zero-order valence-corrected chi connectivity index (χ0v) is 10.1. The average molecular weight is 272 g/mol. The molecule has 0 spiro atoms. The van der Waals surface area contributed by atoms with Crippen molar-refractivity contribution in [2.45, 2.75) is 25.8 Å². The number of anilines is 1. The third-order valence-electron chi connectivity index (χ3n) is 2.06. The van der Waals surface area contributed by atoms with Gasteiger partial charge in [-0.05, 0) is 30.7 Å². The highest BCUT2D eigenvalue weighted by molar-refractivity contribution is 9.10. The maximum atomic E-state index is 10.9. The molecule has 0 bridgehead atoms. The van der Waals surface area contributed by atoms with E-state index in [1.54, 1.807) is 0 Å². The Bertz CT molecular complexity index is 324. The molecule has 1 rings (SSSR count). The second-order valence-corrected chi connectivity index (χ2v) is 4.25. The Morgan fingerprint density at radius 1 is 1.47 bits per heavy atom. The molecule has 0 aromatic heterocycles. The van der Waals surface area contributed by atoms with Crippen LogP contribution < -0.4 is 5.32 Å². The highest BCUT2D eigenvalue weighted by Gasteiger charge is 2.15. The lowest BCUT2D eigenvalue weighted by molar-refractivity contribution is -0.138. The fourth-order valence-corrected chi connectivity index (χ4v) is 1.56. The summed E-state index contributed by atoms with van der Waals surface area (Å²) in [5.41, 5.74) is 0.832. The van der Waals surface area contributed by atoms with Crippen LogP contribution in [0, 0.1) is 0 Å². The predicted molar refractivity (Wildman–Crippen MR) is 64.1 cm³/mol. The van der Waals surface area contributed by atoms with Crippen molar-refractivity contribution in [3.05, 3.63) is 28.7 Å². The van der Waals surface area contributed by atoms with E-state index < -0.39 is 12.0 Å². The van der Waals surface area contributed by atoms with Gasteiger partial charge in [-0.3, -0.25) is 0 Å². The van der Waals surface area contributed by atoms with Crippen LogP contribution in [-0.2, 0) is 4.79 Å². The first-order valence-electron chi connectivity index (χ1n) is 4.88. The standard InChI is InChI=1S/C11H14BrNO2/c1-2-3-10(11(14)15)13-9-6-4-8(12)5-7-9/h4-7,10,13H,2-3H2,1H3,(H,14,15)/t10-/m1/s1. The van der Waals surface area contributed by atoms with E-state index >= 15 is 0 Å². The van der Waals surface area contributed by atoms with Crippen molar-refractivity contribution in [2.75, 3.05) is 5.32 Å². The Balaban J connectivity index is 2.65. The van der Waals surface area contributed by atoms with Crippen LogP contribution in [0.15, 0.2) is 28.7 Å². The third kappa shape index (κ3) is 3.91. The molecule has 4 heteroatoms. The second kappa shape index (κ2) is 5.75. The van der Waals surface area contributed by atoms with E-state index in [9.17, 15) is 4.79 Å². The summed E-state index contributed by atoms with van der Waals surface area (Å²) in [7, 11) is 0. The minimum Gasteiger partial charge on any atom is -0.480 e. The minimum atomic E-state index is -0.806. The lowest BCUT2D eigenvalue weighted by atomic mass is 10.1. The monoisotopic (exact) mass is 271 g/mol. The molecule has 2 N–H and O–H groups in total. The number of benzene rings is 1. The lowest BCUT2D eigenvalue weighted by Crippen LogP contribution is -2.28. The maximum absolute atomic E-state index is 10.9. The summed E-state index contributed by atoms with van der Waals surface area (Å²) in [6, 6.07) is 6.97.